The zero-order valence-corrected chi connectivity index (χ0v) is 13.4. The van der Waals surface area contributed by atoms with Gasteiger partial charge in [-0.2, -0.15) is 0 Å². The van der Waals surface area contributed by atoms with Crippen LogP contribution in [-0.4, -0.2) is 31.1 Å². The van der Waals surface area contributed by atoms with Gasteiger partial charge in [0.25, 0.3) is 0 Å². The number of benzene rings is 1. The molecule has 0 saturated carbocycles. The summed E-state index contributed by atoms with van der Waals surface area (Å²) in [6.07, 6.45) is 1.26. The molecule has 3 atom stereocenters. The van der Waals surface area contributed by atoms with Crippen LogP contribution in [0.25, 0.3) is 10.1 Å². The lowest BCUT2D eigenvalue weighted by atomic mass is 9.93. The summed E-state index contributed by atoms with van der Waals surface area (Å²) >= 11 is 1.92. The fourth-order valence-corrected chi connectivity index (χ4v) is 4.30. The summed E-state index contributed by atoms with van der Waals surface area (Å²) in [5.74, 6) is 0.727. The van der Waals surface area contributed by atoms with Gasteiger partial charge in [-0.05, 0) is 50.4 Å². The summed E-state index contributed by atoms with van der Waals surface area (Å²) in [7, 11) is 2.22. The van der Waals surface area contributed by atoms with Gasteiger partial charge < -0.3 is 10.2 Å². The Balaban J connectivity index is 1.71. The summed E-state index contributed by atoms with van der Waals surface area (Å²) in [4.78, 5) is 3.89. The number of rotatable bonds is 3. The minimum atomic E-state index is 0.447. The van der Waals surface area contributed by atoms with Crippen molar-refractivity contribution in [1.29, 1.82) is 0 Å². The number of piperidine rings is 1. The molecule has 0 aliphatic carbocycles. The molecule has 3 rings (SSSR count). The van der Waals surface area contributed by atoms with E-state index in [1.807, 2.05) is 11.3 Å². The highest BCUT2D eigenvalue weighted by Gasteiger charge is 2.25. The SMILES string of the molecule is CC(NC1CCN(C)CC1C)c1cc2ccccc2s1. The molecule has 2 aromatic rings. The molecule has 2 nitrogen and oxygen atoms in total. The Morgan fingerprint density at radius 2 is 2.15 bits per heavy atom. The smallest absolute Gasteiger partial charge is 0.0388 e. The quantitative estimate of drug-likeness (QED) is 0.921. The van der Waals surface area contributed by atoms with Gasteiger partial charge in [0.2, 0.25) is 0 Å². The van der Waals surface area contributed by atoms with E-state index < -0.39 is 0 Å². The van der Waals surface area contributed by atoms with E-state index in [0.717, 1.165) is 5.92 Å². The van der Waals surface area contributed by atoms with Crippen LogP contribution in [0, 0.1) is 5.92 Å². The average molecular weight is 288 g/mol. The van der Waals surface area contributed by atoms with Gasteiger partial charge >= 0.3 is 0 Å². The van der Waals surface area contributed by atoms with E-state index >= 15 is 0 Å². The molecule has 1 aliphatic heterocycles. The summed E-state index contributed by atoms with van der Waals surface area (Å²) in [5.41, 5.74) is 0. The predicted molar refractivity (Wildman–Crippen MR) is 88.4 cm³/mol. The summed E-state index contributed by atoms with van der Waals surface area (Å²) in [6.45, 7) is 7.08. The number of fused-ring (bicyclic) bond motifs is 1. The molecule has 1 aromatic heterocycles. The van der Waals surface area contributed by atoms with E-state index in [-0.39, 0.29) is 0 Å². The van der Waals surface area contributed by atoms with E-state index in [1.54, 1.807) is 0 Å². The molecular formula is C17H24N2S. The second kappa shape index (κ2) is 5.84. The number of hydrogen-bond acceptors (Lipinski definition) is 3. The van der Waals surface area contributed by atoms with Crippen LogP contribution < -0.4 is 5.32 Å². The predicted octanol–water partition coefficient (Wildman–Crippen LogP) is 3.89. The second-order valence-electron chi connectivity index (χ2n) is 6.21. The lowest BCUT2D eigenvalue weighted by molar-refractivity contribution is 0.168. The molecule has 20 heavy (non-hydrogen) atoms. The van der Waals surface area contributed by atoms with Crippen molar-refractivity contribution in [1.82, 2.24) is 10.2 Å². The first-order valence-electron chi connectivity index (χ1n) is 7.56. The molecule has 1 aromatic carbocycles. The van der Waals surface area contributed by atoms with Crippen molar-refractivity contribution in [3.63, 3.8) is 0 Å². The molecule has 2 heterocycles. The van der Waals surface area contributed by atoms with Gasteiger partial charge in [-0.1, -0.05) is 25.1 Å². The first-order chi connectivity index (χ1) is 9.63. The van der Waals surface area contributed by atoms with Crippen LogP contribution in [-0.2, 0) is 0 Å². The summed E-state index contributed by atoms with van der Waals surface area (Å²) in [6, 6.07) is 12.1. The van der Waals surface area contributed by atoms with Crippen LogP contribution >= 0.6 is 11.3 Å². The maximum absolute atomic E-state index is 3.85. The highest BCUT2D eigenvalue weighted by molar-refractivity contribution is 7.19. The van der Waals surface area contributed by atoms with Crippen LogP contribution in [0.3, 0.4) is 0 Å². The monoisotopic (exact) mass is 288 g/mol. The molecule has 108 valence electrons. The van der Waals surface area contributed by atoms with Crippen LogP contribution in [0.15, 0.2) is 30.3 Å². The van der Waals surface area contributed by atoms with Gasteiger partial charge in [0.05, 0.1) is 0 Å². The van der Waals surface area contributed by atoms with Crippen molar-refractivity contribution < 1.29 is 0 Å². The number of likely N-dealkylation sites (tertiary alicyclic amines) is 1. The summed E-state index contributed by atoms with van der Waals surface area (Å²) in [5, 5.41) is 5.22. The molecule has 0 bridgehead atoms. The van der Waals surface area contributed by atoms with E-state index in [2.05, 4.69) is 61.4 Å². The van der Waals surface area contributed by atoms with Crippen molar-refractivity contribution in [2.24, 2.45) is 5.92 Å². The number of thiophene rings is 1. The van der Waals surface area contributed by atoms with Gasteiger partial charge in [0.15, 0.2) is 0 Å². The molecular weight excluding hydrogens is 264 g/mol. The fraction of sp³-hybridized carbons (Fsp3) is 0.529. The molecule has 3 heteroatoms. The van der Waals surface area contributed by atoms with Gasteiger partial charge in [0, 0.05) is 28.2 Å². The Morgan fingerprint density at radius 3 is 2.90 bits per heavy atom. The fourth-order valence-electron chi connectivity index (χ4n) is 3.22. The van der Waals surface area contributed by atoms with E-state index in [1.165, 1.54) is 34.5 Å². The number of nitrogens with one attached hydrogen (secondary N) is 1. The molecule has 0 radical (unpaired) electrons. The lowest BCUT2D eigenvalue weighted by Crippen LogP contribution is -2.47. The average Bonchev–Trinajstić information content (AvgIpc) is 2.86. The third kappa shape index (κ3) is 2.90. The zero-order chi connectivity index (χ0) is 14.1. The lowest BCUT2D eigenvalue weighted by Gasteiger charge is -2.36. The molecule has 1 N–H and O–H groups in total. The largest absolute Gasteiger partial charge is 0.306 e. The van der Waals surface area contributed by atoms with Crippen LogP contribution in [0.1, 0.15) is 31.2 Å². The molecule has 1 saturated heterocycles. The van der Waals surface area contributed by atoms with Crippen molar-refractivity contribution in [2.75, 3.05) is 20.1 Å². The van der Waals surface area contributed by atoms with E-state index in [9.17, 15) is 0 Å². The number of nitrogens with zero attached hydrogens (tertiary/aromatic N) is 1. The maximum atomic E-state index is 3.85. The molecule has 0 amide bonds. The van der Waals surface area contributed by atoms with Crippen LogP contribution in [0.4, 0.5) is 0 Å². The molecule has 1 aliphatic rings. The molecule has 1 fully saturated rings. The highest BCUT2D eigenvalue weighted by atomic mass is 32.1. The Hall–Kier alpha value is -0.900. The topological polar surface area (TPSA) is 15.3 Å². The van der Waals surface area contributed by atoms with E-state index in [0.29, 0.717) is 12.1 Å². The Bertz CT molecular complexity index is 544. The maximum Gasteiger partial charge on any atom is 0.0388 e. The molecule has 0 spiro atoms. The minimum Gasteiger partial charge on any atom is -0.306 e. The zero-order valence-electron chi connectivity index (χ0n) is 12.6. The third-order valence-corrected chi connectivity index (χ3v) is 5.74. The minimum absolute atomic E-state index is 0.447. The normalized spacial score (nSPS) is 25.9. The first-order valence-corrected chi connectivity index (χ1v) is 8.38. The van der Waals surface area contributed by atoms with Crippen molar-refractivity contribution >= 4 is 21.4 Å². The van der Waals surface area contributed by atoms with Crippen LogP contribution in [0.2, 0.25) is 0 Å². The Labute approximate surface area is 125 Å². The van der Waals surface area contributed by atoms with Gasteiger partial charge in [0.1, 0.15) is 0 Å². The van der Waals surface area contributed by atoms with Gasteiger partial charge in [-0.25, -0.2) is 0 Å². The standard InChI is InChI=1S/C17H24N2S/c1-12-11-19(3)9-8-15(12)18-13(2)17-10-14-6-4-5-7-16(14)20-17/h4-7,10,12-13,15,18H,8-9,11H2,1-3H3. The van der Waals surface area contributed by atoms with Crippen molar-refractivity contribution in [3.05, 3.63) is 35.2 Å². The third-order valence-electron chi connectivity index (χ3n) is 4.44. The molecule has 3 unspecified atom stereocenters. The highest BCUT2D eigenvalue weighted by Crippen LogP contribution is 2.30. The van der Waals surface area contributed by atoms with Gasteiger partial charge in [-0.15, -0.1) is 11.3 Å². The Morgan fingerprint density at radius 1 is 1.35 bits per heavy atom. The van der Waals surface area contributed by atoms with Gasteiger partial charge in [-0.3, -0.25) is 0 Å². The Kier molecular flexibility index (Phi) is 4.11. The first kappa shape index (κ1) is 14.1. The van der Waals surface area contributed by atoms with E-state index in [4.69, 9.17) is 0 Å². The van der Waals surface area contributed by atoms with Crippen LogP contribution in [0.5, 0.6) is 0 Å². The van der Waals surface area contributed by atoms with Crippen molar-refractivity contribution in [3.8, 4) is 0 Å². The summed E-state index contributed by atoms with van der Waals surface area (Å²) < 4.78 is 1.40. The second-order valence-corrected chi connectivity index (χ2v) is 7.32. The van der Waals surface area contributed by atoms with Crippen molar-refractivity contribution in [2.45, 2.75) is 32.4 Å². The number of hydrogen-bond donors (Lipinski definition) is 1.